The summed E-state index contributed by atoms with van der Waals surface area (Å²) >= 11 is 0. The molecule has 0 radical (unpaired) electrons. The van der Waals surface area contributed by atoms with E-state index in [0.29, 0.717) is 0 Å². The fourth-order valence-electron chi connectivity index (χ4n) is 1.87. The lowest BCUT2D eigenvalue weighted by Gasteiger charge is -2.31. The fourth-order valence-corrected chi connectivity index (χ4v) is 5.92. The van der Waals surface area contributed by atoms with Gasteiger partial charge in [-0.05, 0) is 33.1 Å². The Hall–Kier alpha value is 0.300. The molecule has 6 nitrogen and oxygen atoms in total. The molecule has 0 saturated heterocycles. The lowest BCUT2D eigenvalue weighted by atomic mass is 10.0. The van der Waals surface area contributed by atoms with Crippen LogP contribution >= 0.6 is 15.2 Å². The first-order valence-corrected chi connectivity index (χ1v) is 9.78. The van der Waals surface area contributed by atoms with Crippen LogP contribution in [0.2, 0.25) is 0 Å². The topological polar surface area (TPSA) is 93.1 Å². The summed E-state index contributed by atoms with van der Waals surface area (Å²) in [6, 6.07) is 0. The Labute approximate surface area is 115 Å². The van der Waals surface area contributed by atoms with Crippen LogP contribution in [0.5, 0.6) is 0 Å². The highest BCUT2D eigenvalue weighted by Gasteiger charge is 2.39. The predicted octanol–water partition coefficient (Wildman–Crippen LogP) is 3.23. The van der Waals surface area contributed by atoms with Crippen molar-refractivity contribution < 1.29 is 28.0 Å². The summed E-state index contributed by atoms with van der Waals surface area (Å²) in [4.78, 5) is 18.1. The monoisotopic (exact) mass is 316 g/mol. The molecule has 0 heterocycles. The van der Waals surface area contributed by atoms with Gasteiger partial charge in [0.25, 0.3) is 0 Å². The molecule has 0 aliphatic rings. The molecule has 0 aromatic rings. The van der Waals surface area contributed by atoms with Gasteiger partial charge in [0.2, 0.25) is 0 Å². The highest BCUT2D eigenvalue weighted by Crippen LogP contribution is 2.56. The molecule has 0 aliphatic carbocycles. The lowest BCUT2D eigenvalue weighted by molar-refractivity contribution is 0.137. The summed E-state index contributed by atoms with van der Waals surface area (Å²) in [5.74, 6) is 0. The standard InChI is InChI=1S/C11H26O6P2/c1-9(2)16-19(15,17-10(3)4)8-11(5,6)7-18(12,13)14/h9-10H,7-8H2,1-6H3,(H2,12,13,14). The Kier molecular flexibility index (Phi) is 6.95. The van der Waals surface area contributed by atoms with Crippen LogP contribution in [0.4, 0.5) is 0 Å². The largest absolute Gasteiger partial charge is 0.331 e. The van der Waals surface area contributed by atoms with Crippen LogP contribution in [-0.2, 0) is 18.2 Å². The van der Waals surface area contributed by atoms with Crippen LogP contribution in [0.3, 0.4) is 0 Å². The second kappa shape index (κ2) is 6.84. The maximum Gasteiger partial charge on any atom is 0.331 e. The van der Waals surface area contributed by atoms with Crippen molar-refractivity contribution in [2.24, 2.45) is 5.41 Å². The number of hydrogen-bond donors (Lipinski definition) is 2. The van der Waals surface area contributed by atoms with Crippen LogP contribution < -0.4 is 0 Å². The third-order valence-electron chi connectivity index (χ3n) is 2.00. The predicted molar refractivity (Wildman–Crippen MR) is 75.6 cm³/mol. The smallest absolute Gasteiger partial charge is 0.324 e. The molecule has 0 bridgehead atoms. The summed E-state index contributed by atoms with van der Waals surface area (Å²) < 4.78 is 34.5. The van der Waals surface area contributed by atoms with Crippen molar-refractivity contribution in [2.75, 3.05) is 12.3 Å². The van der Waals surface area contributed by atoms with Crippen LogP contribution in [0.15, 0.2) is 0 Å². The van der Waals surface area contributed by atoms with Crippen LogP contribution in [-0.4, -0.2) is 34.3 Å². The van der Waals surface area contributed by atoms with Gasteiger partial charge in [0.1, 0.15) is 0 Å². The van der Waals surface area contributed by atoms with Crippen molar-refractivity contribution in [3.8, 4) is 0 Å². The second-order valence-electron chi connectivity index (χ2n) is 6.06. The zero-order valence-corrected chi connectivity index (χ0v) is 14.3. The normalized spacial score (nSPS) is 14.4. The lowest BCUT2D eigenvalue weighted by Crippen LogP contribution is -2.25. The summed E-state index contributed by atoms with van der Waals surface area (Å²) in [5, 5.41) is 0. The van der Waals surface area contributed by atoms with Crippen LogP contribution in [0.25, 0.3) is 0 Å². The molecule has 0 saturated carbocycles. The summed E-state index contributed by atoms with van der Waals surface area (Å²) in [6.07, 6.45) is -0.945. The summed E-state index contributed by atoms with van der Waals surface area (Å²) in [7, 11) is -7.56. The SMILES string of the molecule is CC(C)OP(=O)(CC(C)(C)CP(=O)(O)O)OC(C)C. The van der Waals surface area contributed by atoms with Gasteiger partial charge >= 0.3 is 15.2 Å². The Bertz CT molecular complexity index is 357. The van der Waals surface area contributed by atoms with Gasteiger partial charge in [-0.15, -0.1) is 0 Å². The van der Waals surface area contributed by atoms with Crippen molar-refractivity contribution in [2.45, 2.75) is 53.8 Å². The molecule has 0 aliphatic heterocycles. The zero-order valence-electron chi connectivity index (χ0n) is 12.5. The average Bonchev–Trinajstić information content (AvgIpc) is 1.89. The van der Waals surface area contributed by atoms with E-state index in [9.17, 15) is 9.13 Å². The van der Waals surface area contributed by atoms with E-state index < -0.39 is 20.6 Å². The first-order valence-electron chi connectivity index (χ1n) is 6.25. The number of hydrogen-bond acceptors (Lipinski definition) is 4. The zero-order chi connectivity index (χ0) is 15.5. The van der Waals surface area contributed by atoms with Gasteiger partial charge in [-0.1, -0.05) is 13.8 Å². The van der Waals surface area contributed by atoms with Crippen molar-refractivity contribution in [3.05, 3.63) is 0 Å². The molecule has 116 valence electrons. The van der Waals surface area contributed by atoms with Gasteiger partial charge in [-0.2, -0.15) is 0 Å². The molecule has 0 unspecified atom stereocenters. The van der Waals surface area contributed by atoms with Crippen molar-refractivity contribution >= 4 is 15.2 Å². The van der Waals surface area contributed by atoms with Gasteiger partial charge in [-0.25, -0.2) is 0 Å². The van der Waals surface area contributed by atoms with E-state index in [0.717, 1.165) is 0 Å². The van der Waals surface area contributed by atoms with Gasteiger partial charge in [0, 0.05) is 0 Å². The van der Waals surface area contributed by atoms with E-state index in [4.69, 9.17) is 18.8 Å². The molecule has 8 heteroatoms. The molecule has 0 aromatic heterocycles. The van der Waals surface area contributed by atoms with Gasteiger partial charge in [0.05, 0.1) is 24.5 Å². The Morgan fingerprint density at radius 2 is 1.32 bits per heavy atom. The third-order valence-corrected chi connectivity index (χ3v) is 6.00. The highest BCUT2D eigenvalue weighted by molar-refractivity contribution is 7.54. The van der Waals surface area contributed by atoms with Crippen LogP contribution in [0.1, 0.15) is 41.5 Å². The van der Waals surface area contributed by atoms with Crippen molar-refractivity contribution in [3.63, 3.8) is 0 Å². The van der Waals surface area contributed by atoms with Gasteiger partial charge < -0.3 is 18.8 Å². The van der Waals surface area contributed by atoms with E-state index in [1.54, 1.807) is 41.5 Å². The minimum atomic E-state index is -4.17. The summed E-state index contributed by atoms with van der Waals surface area (Å²) in [6.45, 7) is 10.3. The van der Waals surface area contributed by atoms with Crippen molar-refractivity contribution in [1.82, 2.24) is 0 Å². The molecular weight excluding hydrogens is 290 g/mol. The van der Waals surface area contributed by atoms with E-state index >= 15 is 0 Å². The van der Waals surface area contributed by atoms with E-state index in [1.807, 2.05) is 0 Å². The molecule has 0 fully saturated rings. The maximum atomic E-state index is 12.6. The molecule has 0 amide bonds. The Morgan fingerprint density at radius 3 is 1.58 bits per heavy atom. The van der Waals surface area contributed by atoms with Gasteiger partial charge in [0.15, 0.2) is 0 Å². The second-order valence-corrected chi connectivity index (χ2v) is 9.67. The van der Waals surface area contributed by atoms with E-state index in [2.05, 4.69) is 0 Å². The highest BCUT2D eigenvalue weighted by atomic mass is 31.2. The molecule has 0 aromatic carbocycles. The molecule has 0 atom stereocenters. The molecule has 0 spiro atoms. The minimum Gasteiger partial charge on any atom is -0.324 e. The van der Waals surface area contributed by atoms with E-state index in [-0.39, 0.29) is 24.5 Å². The summed E-state index contributed by atoms with van der Waals surface area (Å²) in [5.41, 5.74) is -0.835. The molecule has 19 heavy (non-hydrogen) atoms. The maximum absolute atomic E-state index is 12.6. The number of rotatable bonds is 8. The third kappa shape index (κ3) is 9.78. The Morgan fingerprint density at radius 1 is 0.947 bits per heavy atom. The van der Waals surface area contributed by atoms with Crippen molar-refractivity contribution in [1.29, 1.82) is 0 Å². The van der Waals surface area contributed by atoms with Crippen LogP contribution in [0, 0.1) is 5.41 Å². The minimum absolute atomic E-state index is 0.0263. The molecular formula is C11H26O6P2. The fraction of sp³-hybridized carbons (Fsp3) is 1.00. The quantitative estimate of drug-likeness (QED) is 0.668. The first kappa shape index (κ1) is 19.3. The molecule has 2 N–H and O–H groups in total. The van der Waals surface area contributed by atoms with Gasteiger partial charge in [-0.3, -0.25) is 9.13 Å². The first-order chi connectivity index (χ1) is 8.25. The Balaban J connectivity index is 5.00. The van der Waals surface area contributed by atoms with E-state index in [1.165, 1.54) is 0 Å². The molecule has 0 rings (SSSR count). The average molecular weight is 316 g/mol.